The molecule has 0 amide bonds. The minimum atomic E-state index is 0.708. The molecule has 2 aromatic rings. The van der Waals surface area contributed by atoms with Crippen LogP contribution in [-0.2, 0) is 0 Å². The van der Waals surface area contributed by atoms with Gasteiger partial charge in [-0.05, 0) is 30.7 Å². The molecule has 2 nitrogen and oxygen atoms in total. The van der Waals surface area contributed by atoms with E-state index >= 15 is 0 Å². The van der Waals surface area contributed by atoms with E-state index in [-0.39, 0.29) is 0 Å². The van der Waals surface area contributed by atoms with Gasteiger partial charge < -0.3 is 5.73 Å². The SMILES string of the molecule is NCCC=Cc1ccc2ncsc2c1. The first-order valence-corrected chi connectivity index (χ1v) is 5.48. The highest BCUT2D eigenvalue weighted by molar-refractivity contribution is 7.16. The van der Waals surface area contributed by atoms with Gasteiger partial charge in [-0.25, -0.2) is 4.98 Å². The maximum atomic E-state index is 5.41. The molecular formula is C11H12N2S. The molecule has 1 aromatic carbocycles. The third-order valence-corrected chi connectivity index (χ3v) is 2.79. The predicted molar refractivity (Wildman–Crippen MR) is 62.3 cm³/mol. The van der Waals surface area contributed by atoms with E-state index in [9.17, 15) is 0 Å². The van der Waals surface area contributed by atoms with Gasteiger partial charge in [-0.3, -0.25) is 0 Å². The Morgan fingerprint density at radius 2 is 2.36 bits per heavy atom. The van der Waals surface area contributed by atoms with Gasteiger partial charge in [0.05, 0.1) is 15.7 Å². The molecule has 3 heteroatoms. The minimum absolute atomic E-state index is 0.708. The summed E-state index contributed by atoms with van der Waals surface area (Å²) in [7, 11) is 0. The molecule has 0 aliphatic heterocycles. The third-order valence-electron chi connectivity index (χ3n) is 2.00. The highest BCUT2D eigenvalue weighted by atomic mass is 32.1. The van der Waals surface area contributed by atoms with Gasteiger partial charge in [0.25, 0.3) is 0 Å². The van der Waals surface area contributed by atoms with Crippen molar-refractivity contribution in [2.45, 2.75) is 6.42 Å². The van der Waals surface area contributed by atoms with E-state index in [0.29, 0.717) is 6.54 Å². The highest BCUT2D eigenvalue weighted by Crippen LogP contribution is 2.19. The van der Waals surface area contributed by atoms with Crippen LogP contribution in [0.15, 0.2) is 29.8 Å². The average Bonchev–Trinajstić information content (AvgIpc) is 2.65. The molecule has 0 radical (unpaired) electrons. The third kappa shape index (κ3) is 2.00. The number of fused-ring (bicyclic) bond motifs is 1. The fourth-order valence-electron chi connectivity index (χ4n) is 1.29. The van der Waals surface area contributed by atoms with E-state index in [0.717, 1.165) is 11.9 Å². The van der Waals surface area contributed by atoms with E-state index in [1.54, 1.807) is 11.3 Å². The standard InChI is InChI=1S/C11H12N2S/c12-6-2-1-3-9-4-5-10-11(7-9)14-8-13-10/h1,3-5,7-8H,2,6,12H2. The van der Waals surface area contributed by atoms with Gasteiger partial charge >= 0.3 is 0 Å². The number of rotatable bonds is 3. The molecule has 0 spiro atoms. The molecule has 1 aromatic heterocycles. The number of benzene rings is 1. The van der Waals surface area contributed by atoms with Crippen molar-refractivity contribution in [3.05, 3.63) is 35.3 Å². The van der Waals surface area contributed by atoms with Gasteiger partial charge in [0.15, 0.2) is 0 Å². The van der Waals surface area contributed by atoms with Gasteiger partial charge in [-0.15, -0.1) is 11.3 Å². The number of aromatic nitrogens is 1. The molecule has 72 valence electrons. The lowest BCUT2D eigenvalue weighted by Gasteiger charge is -1.92. The number of thiazole rings is 1. The van der Waals surface area contributed by atoms with E-state index in [4.69, 9.17) is 5.73 Å². The normalized spacial score (nSPS) is 11.5. The van der Waals surface area contributed by atoms with E-state index < -0.39 is 0 Å². The van der Waals surface area contributed by atoms with Gasteiger partial charge in [-0.1, -0.05) is 18.2 Å². The van der Waals surface area contributed by atoms with Crippen molar-refractivity contribution in [3.63, 3.8) is 0 Å². The quantitative estimate of drug-likeness (QED) is 0.834. The molecule has 2 rings (SSSR count). The summed E-state index contributed by atoms with van der Waals surface area (Å²) in [5, 5.41) is 0. The van der Waals surface area contributed by atoms with Crippen LogP contribution in [0.5, 0.6) is 0 Å². The van der Waals surface area contributed by atoms with Crippen molar-refractivity contribution < 1.29 is 0 Å². The van der Waals surface area contributed by atoms with E-state index in [1.807, 2.05) is 11.6 Å². The van der Waals surface area contributed by atoms with Crippen molar-refractivity contribution >= 4 is 27.6 Å². The predicted octanol–water partition coefficient (Wildman–Crippen LogP) is 2.66. The second kappa shape index (κ2) is 4.35. The van der Waals surface area contributed by atoms with Crippen LogP contribution in [0.1, 0.15) is 12.0 Å². The summed E-state index contributed by atoms with van der Waals surface area (Å²) in [6.45, 7) is 0.708. The maximum Gasteiger partial charge on any atom is 0.0812 e. The van der Waals surface area contributed by atoms with Crippen LogP contribution in [0.3, 0.4) is 0 Å². The van der Waals surface area contributed by atoms with Crippen LogP contribution in [0, 0.1) is 0 Å². The van der Waals surface area contributed by atoms with Crippen LogP contribution >= 0.6 is 11.3 Å². The zero-order valence-electron chi connectivity index (χ0n) is 7.81. The summed E-state index contributed by atoms with van der Waals surface area (Å²) < 4.78 is 1.24. The van der Waals surface area contributed by atoms with Crippen molar-refractivity contribution in [2.75, 3.05) is 6.54 Å². The monoisotopic (exact) mass is 204 g/mol. The van der Waals surface area contributed by atoms with Crippen LogP contribution in [0.4, 0.5) is 0 Å². The summed E-state index contributed by atoms with van der Waals surface area (Å²) in [6.07, 6.45) is 5.13. The molecule has 0 aliphatic carbocycles. The molecule has 0 unspecified atom stereocenters. The number of nitrogens with two attached hydrogens (primary N) is 1. The molecule has 0 fully saturated rings. The van der Waals surface area contributed by atoms with Crippen molar-refractivity contribution in [1.82, 2.24) is 4.98 Å². The first kappa shape index (κ1) is 9.37. The lowest BCUT2D eigenvalue weighted by molar-refractivity contribution is 1.01. The number of nitrogens with zero attached hydrogens (tertiary/aromatic N) is 1. The average molecular weight is 204 g/mol. The molecule has 0 aliphatic rings. The molecule has 0 bridgehead atoms. The maximum absolute atomic E-state index is 5.41. The van der Waals surface area contributed by atoms with Gasteiger partial charge in [0, 0.05) is 0 Å². The Morgan fingerprint density at radius 1 is 1.43 bits per heavy atom. The lowest BCUT2D eigenvalue weighted by Crippen LogP contribution is -1.94. The first-order chi connectivity index (χ1) is 6.90. The highest BCUT2D eigenvalue weighted by Gasteiger charge is 1.95. The Labute approximate surface area is 87.1 Å². The number of hydrogen-bond donors (Lipinski definition) is 1. The van der Waals surface area contributed by atoms with Gasteiger partial charge in [-0.2, -0.15) is 0 Å². The molecule has 1 heterocycles. The summed E-state index contributed by atoms with van der Waals surface area (Å²) >= 11 is 1.67. The summed E-state index contributed by atoms with van der Waals surface area (Å²) in [5.41, 5.74) is 9.57. The van der Waals surface area contributed by atoms with Gasteiger partial charge in [0.2, 0.25) is 0 Å². The first-order valence-electron chi connectivity index (χ1n) is 4.60. The largest absolute Gasteiger partial charge is 0.330 e. The Hall–Kier alpha value is -1.19. The topological polar surface area (TPSA) is 38.9 Å². The minimum Gasteiger partial charge on any atom is -0.330 e. The van der Waals surface area contributed by atoms with Crippen molar-refractivity contribution in [2.24, 2.45) is 5.73 Å². The van der Waals surface area contributed by atoms with Crippen molar-refractivity contribution in [1.29, 1.82) is 0 Å². The molecule has 0 saturated carbocycles. The second-order valence-electron chi connectivity index (χ2n) is 3.06. The molecule has 0 saturated heterocycles. The molecular weight excluding hydrogens is 192 g/mol. The fraction of sp³-hybridized carbons (Fsp3) is 0.182. The molecule has 2 N–H and O–H groups in total. The lowest BCUT2D eigenvalue weighted by atomic mass is 10.2. The van der Waals surface area contributed by atoms with E-state index in [1.165, 1.54) is 10.3 Å². The Balaban J connectivity index is 2.25. The smallest absolute Gasteiger partial charge is 0.0812 e. The molecule has 14 heavy (non-hydrogen) atoms. The van der Waals surface area contributed by atoms with Crippen LogP contribution in [0.25, 0.3) is 16.3 Å². The van der Waals surface area contributed by atoms with Crippen LogP contribution in [0.2, 0.25) is 0 Å². The fourth-order valence-corrected chi connectivity index (χ4v) is 2.02. The van der Waals surface area contributed by atoms with E-state index in [2.05, 4.69) is 29.3 Å². The Bertz CT molecular complexity index is 445. The summed E-state index contributed by atoms with van der Waals surface area (Å²) in [6, 6.07) is 6.28. The van der Waals surface area contributed by atoms with Crippen LogP contribution < -0.4 is 5.73 Å². The zero-order chi connectivity index (χ0) is 9.80. The Morgan fingerprint density at radius 3 is 3.21 bits per heavy atom. The zero-order valence-corrected chi connectivity index (χ0v) is 8.63. The summed E-state index contributed by atoms with van der Waals surface area (Å²) in [4.78, 5) is 4.23. The van der Waals surface area contributed by atoms with Crippen LogP contribution in [-0.4, -0.2) is 11.5 Å². The number of hydrogen-bond acceptors (Lipinski definition) is 3. The molecule has 0 atom stereocenters. The Kier molecular flexibility index (Phi) is 2.91. The van der Waals surface area contributed by atoms with Crippen molar-refractivity contribution in [3.8, 4) is 0 Å². The summed E-state index contributed by atoms with van der Waals surface area (Å²) in [5.74, 6) is 0. The second-order valence-corrected chi connectivity index (χ2v) is 3.95. The van der Waals surface area contributed by atoms with Gasteiger partial charge in [0.1, 0.15) is 0 Å².